The van der Waals surface area contributed by atoms with Crippen molar-refractivity contribution in [2.45, 2.75) is 118 Å². The molecule has 15 rings (SSSR count). The van der Waals surface area contributed by atoms with Crippen molar-refractivity contribution in [3.8, 4) is 80.0 Å². The van der Waals surface area contributed by atoms with Crippen LogP contribution >= 0.6 is 0 Å². The van der Waals surface area contributed by atoms with E-state index in [0.29, 0.717) is 83.7 Å². The van der Waals surface area contributed by atoms with Gasteiger partial charge in [0.25, 0.3) is 23.6 Å². The fraction of sp³-hybridized carbons (Fsp3) is 0.289. The van der Waals surface area contributed by atoms with Crippen LogP contribution in [-0.4, -0.2) is 188 Å². The predicted molar refractivity (Wildman–Crippen MR) is 463 cm³/mol. The van der Waals surface area contributed by atoms with Crippen molar-refractivity contribution < 1.29 is 59.0 Å². The van der Waals surface area contributed by atoms with E-state index in [1.54, 1.807) is 34.7 Å². The average molecular weight is 1660 g/mol. The fourth-order valence-corrected chi connectivity index (χ4v) is 14.7. The van der Waals surface area contributed by atoms with E-state index in [0.717, 1.165) is 91.1 Å². The highest BCUT2D eigenvalue weighted by Crippen LogP contribution is 2.41. The molecule has 2 aliphatic heterocycles. The molecule has 10 N–H and O–H groups in total. The number of carboxylic acids is 1. The number of aliphatic carboxylic acids is 1. The first-order valence-corrected chi connectivity index (χ1v) is 40.1. The molecule has 0 bridgehead atoms. The van der Waals surface area contributed by atoms with Gasteiger partial charge in [-0.15, -0.1) is 0 Å². The predicted octanol–water partition coefficient (Wildman–Crippen LogP) is 11.0. The van der Waals surface area contributed by atoms with E-state index in [9.17, 15) is 63.6 Å². The summed E-state index contributed by atoms with van der Waals surface area (Å²) in [7, 11) is 5.58. The Labute approximate surface area is 700 Å². The number of aromatic nitrogens is 12. The number of aryl methyl sites for hydroxylation is 1. The van der Waals surface area contributed by atoms with Gasteiger partial charge in [-0.2, -0.15) is 15.3 Å². The molecule has 0 saturated carbocycles. The molecule has 0 fully saturated rings. The third-order valence-corrected chi connectivity index (χ3v) is 21.2. The third kappa shape index (κ3) is 19.6. The van der Waals surface area contributed by atoms with Crippen LogP contribution in [0.15, 0.2) is 197 Å². The Morgan fingerprint density at radius 2 is 0.844 bits per heavy atom. The van der Waals surface area contributed by atoms with Crippen LogP contribution in [-0.2, 0) is 55.0 Å². The molecular formula is C90H99N17O15. The fourth-order valence-electron chi connectivity index (χ4n) is 14.7. The van der Waals surface area contributed by atoms with Gasteiger partial charge in [-0.1, -0.05) is 71.9 Å². The summed E-state index contributed by atoms with van der Waals surface area (Å²) in [6.45, 7) is 19.4. The Balaban J connectivity index is 0.000000157. The number of phenolic OH excluding ortho intramolecular Hbond substituents is 4. The second kappa shape index (κ2) is 38.6. The Morgan fingerprint density at radius 3 is 1.24 bits per heavy atom. The molecule has 0 radical (unpaired) electrons. The Bertz CT molecular complexity index is 6260. The van der Waals surface area contributed by atoms with Crippen molar-refractivity contribution >= 4 is 68.2 Å². The van der Waals surface area contributed by atoms with Crippen LogP contribution in [0.25, 0.3) is 83.9 Å². The van der Waals surface area contributed by atoms with Crippen LogP contribution in [0.2, 0.25) is 0 Å². The zero-order chi connectivity index (χ0) is 87.3. The zero-order valence-electron chi connectivity index (χ0n) is 69.4. The van der Waals surface area contributed by atoms with Crippen molar-refractivity contribution in [2.24, 2.45) is 0 Å². The summed E-state index contributed by atoms with van der Waals surface area (Å²) in [5.41, 5.74) is 10.1. The van der Waals surface area contributed by atoms with Crippen molar-refractivity contribution in [1.29, 1.82) is 0 Å². The molecule has 0 saturated heterocycles. The normalized spacial score (nSPS) is 12.5. The van der Waals surface area contributed by atoms with Crippen molar-refractivity contribution in [2.75, 3.05) is 53.9 Å². The number of carboxylic acid groups (broad SMARTS) is 1. The number of carbonyl (C=O) groups is 6. The van der Waals surface area contributed by atoms with Gasteiger partial charge in [0.05, 0.1) is 33.8 Å². The lowest BCUT2D eigenvalue weighted by Crippen LogP contribution is -2.33. The number of H-pyrrole nitrogens is 3. The topological polar surface area (TPSA) is 413 Å². The van der Waals surface area contributed by atoms with Gasteiger partial charge in [0.1, 0.15) is 35.4 Å². The highest BCUT2D eigenvalue weighted by Gasteiger charge is 2.28. The number of nitrogens with zero attached hydrogens (tertiary/aromatic N) is 12. The number of nitrogens with one attached hydrogen (secondary N) is 5. The van der Waals surface area contributed by atoms with Gasteiger partial charge in [0.15, 0.2) is 17.5 Å². The van der Waals surface area contributed by atoms with Crippen LogP contribution < -0.4 is 32.4 Å². The van der Waals surface area contributed by atoms with Crippen LogP contribution in [0.4, 0.5) is 0 Å². The molecule has 7 aromatic carbocycles. The maximum Gasteiger partial charge on any atom is 0.348 e. The first kappa shape index (κ1) is 86.9. The van der Waals surface area contributed by atoms with E-state index in [4.69, 9.17) is 9.84 Å². The van der Waals surface area contributed by atoms with Crippen LogP contribution in [0.1, 0.15) is 113 Å². The van der Waals surface area contributed by atoms with Gasteiger partial charge in [-0.3, -0.25) is 38.6 Å². The number of aromatic amines is 3. The first-order chi connectivity index (χ1) is 58.5. The van der Waals surface area contributed by atoms with Crippen LogP contribution in [0.5, 0.6) is 28.7 Å². The molecule has 0 aliphatic carbocycles. The summed E-state index contributed by atoms with van der Waals surface area (Å²) in [6.07, 6.45) is 11.7. The van der Waals surface area contributed by atoms with E-state index < -0.39 is 17.3 Å². The van der Waals surface area contributed by atoms with Gasteiger partial charge >= 0.3 is 23.0 Å². The first-order valence-electron chi connectivity index (χ1n) is 40.1. The minimum atomic E-state index is -0.924. The monoisotopic (exact) mass is 1660 g/mol. The van der Waals surface area contributed by atoms with E-state index in [2.05, 4.69) is 102 Å². The number of imide groups is 2. The van der Waals surface area contributed by atoms with Gasteiger partial charge in [-0.25, -0.2) is 43.4 Å². The largest absolute Gasteiger partial charge is 0.508 e. The number of ether oxygens (including phenoxy) is 1. The van der Waals surface area contributed by atoms with E-state index in [-0.39, 0.29) is 108 Å². The molecule has 122 heavy (non-hydrogen) atoms. The summed E-state index contributed by atoms with van der Waals surface area (Å²) in [5, 5.41) is 79.4. The molecule has 6 aromatic heterocycles. The molecule has 0 atom stereocenters. The van der Waals surface area contributed by atoms with Crippen molar-refractivity contribution in [3.63, 3.8) is 0 Å². The van der Waals surface area contributed by atoms with E-state index in [1.165, 1.54) is 51.1 Å². The van der Waals surface area contributed by atoms with Crippen LogP contribution in [0.3, 0.4) is 0 Å². The molecule has 32 heteroatoms. The third-order valence-electron chi connectivity index (χ3n) is 21.2. The maximum absolute atomic E-state index is 13.1. The Morgan fingerprint density at radius 1 is 0.459 bits per heavy atom. The van der Waals surface area contributed by atoms with Gasteiger partial charge < -0.3 is 59.5 Å². The number of aromatic hydroxyl groups is 4. The zero-order valence-corrected chi connectivity index (χ0v) is 69.4. The molecule has 2 aliphatic rings. The van der Waals surface area contributed by atoms with Crippen molar-refractivity contribution in [3.05, 3.63) is 242 Å². The second-order valence-electron chi connectivity index (χ2n) is 30.6. The number of likely N-dealkylation sites (N-methyl/N-ethyl adjacent to an activating group) is 3. The van der Waals surface area contributed by atoms with Crippen molar-refractivity contribution in [1.82, 2.24) is 83.3 Å². The molecule has 5 amide bonds. The number of hydrogen-bond donors (Lipinski definition) is 10. The molecule has 8 heterocycles. The Kier molecular flexibility index (Phi) is 27.5. The lowest BCUT2D eigenvalue weighted by Gasteiger charge is -2.19. The summed E-state index contributed by atoms with van der Waals surface area (Å²) >= 11 is 0. The summed E-state index contributed by atoms with van der Waals surface area (Å²) in [4.78, 5) is 110. The second-order valence-corrected chi connectivity index (χ2v) is 30.6. The molecule has 13 aromatic rings. The number of rotatable bonds is 29. The minimum absolute atomic E-state index is 0.0139. The summed E-state index contributed by atoms with van der Waals surface area (Å²) in [6, 6.07) is 43.4. The summed E-state index contributed by atoms with van der Waals surface area (Å²) < 4.78 is 17.1. The standard InChI is InChI=1S/C30H32N6O6.C30H33N5O2.C22H25N5O3.C8H9NO4/c1-18(2)21-16-22(25(38)17-24(21)37)29-31-32-30(42)36(29)20-6-7-23-19(15-20)10-12-34(23)14-13-33(3)26(39)5-4-11-35-27(40)8-9-28(35)41;1-20(2)25-18-26(28(16-21(25)3)37-19-22-8-6-5-7-9-22)29-32-33-30(36)35(29)24-10-11-27-23(17-24)12-14-34(27)15-13-31-4;1-13(2)16-11-17(20(29)12-19(16)28)21-24-25-22(30)27(21)15-4-5-18-14(10-15)6-8-26(18)9-7-23-3;10-6-3-4-7(11)9(6)5-1-2-8(12)13/h6-10,12,15-18,37-38H,4-5,11,13-14H2,1-3H3,(H,32,42);5-12,14,16-18,20,31H,13,15,19H2,1-4H3,(H,33,36);4-6,8,10-13,23,28-29H,7,9H2,1-3H3,(H,25,30);3-4H,1-2,5H2,(H,12,13). The summed E-state index contributed by atoms with van der Waals surface area (Å²) in [5.74, 6) is -0.718. The number of hydrogen-bond acceptors (Lipinski definition) is 19. The highest BCUT2D eigenvalue weighted by molar-refractivity contribution is 6.13. The van der Waals surface area contributed by atoms with Gasteiger partial charge in [-0.05, 0) is 176 Å². The molecule has 0 spiro atoms. The number of carbonyl (C=O) groups excluding carboxylic acids is 5. The number of phenols is 4. The smallest absolute Gasteiger partial charge is 0.348 e. The molecule has 32 nitrogen and oxygen atoms in total. The average Bonchev–Trinajstić information content (AvgIpc) is 1.60. The maximum atomic E-state index is 13.1. The van der Waals surface area contributed by atoms with E-state index in [1.807, 2.05) is 144 Å². The lowest BCUT2D eigenvalue weighted by molar-refractivity contribution is -0.140. The number of amides is 5. The SMILES string of the molecule is CC(C)c1cc(-c2n[nH]c(=O)n2-c2ccc3c(ccn3CCN(C)C(=O)CCCN3C(=O)C=CC3=O)c2)c(O)cc1O.CNCCn1ccc2cc(-n3c(-c4cc(C(C)C)c(C)cc4OCc4ccccc4)n[nH]c3=O)ccc21.CNCCn1ccc2cc(-n3c(-c4cc(C(C)C)c(O)cc4O)n[nH]c3=O)ccc21.O=C(O)CCCN1C(=O)C=CC1=O. The van der Waals surface area contributed by atoms with Gasteiger partial charge in [0.2, 0.25) is 5.91 Å². The van der Waals surface area contributed by atoms with Gasteiger partial charge in [0, 0.05) is 160 Å². The Hall–Kier alpha value is -14.4. The van der Waals surface area contributed by atoms with Crippen LogP contribution in [0, 0.1) is 6.92 Å². The lowest BCUT2D eigenvalue weighted by atomic mass is 9.95. The molecule has 634 valence electrons. The number of benzene rings is 7. The van der Waals surface area contributed by atoms with E-state index >= 15 is 0 Å². The number of fused-ring (bicyclic) bond motifs is 3. The minimum Gasteiger partial charge on any atom is -0.508 e. The molecule has 0 unspecified atom stereocenters. The highest BCUT2D eigenvalue weighted by atomic mass is 16.5. The quantitative estimate of drug-likeness (QED) is 0.0195. The molecular weight excluding hydrogens is 1560 g/mol.